The Kier molecular flexibility index (Phi) is 20.2. The molecule has 0 saturated carbocycles. The number of aromatic hydroxyl groups is 1. The summed E-state index contributed by atoms with van der Waals surface area (Å²) in [5.74, 6) is -8.73. The quantitative estimate of drug-likeness (QED) is 0.0848. The predicted octanol–water partition coefficient (Wildman–Crippen LogP) is 0.122. The summed E-state index contributed by atoms with van der Waals surface area (Å²) in [5.41, 5.74) is 6.50. The van der Waals surface area contributed by atoms with Crippen LogP contribution in [-0.2, 0) is 60.7 Å². The number of cyclic esters (lactones) is 1. The first-order chi connectivity index (χ1) is 34.2. The Morgan fingerprint density at radius 2 is 1.47 bits per heavy atom. The Labute approximate surface area is 419 Å². The second-order valence-electron chi connectivity index (χ2n) is 19.2. The molecule has 11 atom stereocenters. The van der Waals surface area contributed by atoms with E-state index in [4.69, 9.17) is 10.5 Å². The van der Waals surface area contributed by atoms with Crippen molar-refractivity contribution in [2.24, 2.45) is 17.6 Å². The summed E-state index contributed by atoms with van der Waals surface area (Å²) in [4.78, 5) is 129. The van der Waals surface area contributed by atoms with Crippen molar-refractivity contribution in [1.29, 1.82) is 0 Å². The van der Waals surface area contributed by atoms with E-state index in [1.165, 1.54) is 26.1 Å². The van der Waals surface area contributed by atoms with Crippen molar-refractivity contribution in [2.75, 3.05) is 7.05 Å². The highest BCUT2D eigenvalue weighted by atomic mass is 16.5. The number of allylic oxidation sites excluding steroid dienone is 1. The molecule has 2 aliphatic heterocycles. The first kappa shape index (κ1) is 56.0. The molecule has 8 amide bonds. The molecule has 0 unspecified atom stereocenters. The highest BCUT2D eigenvalue weighted by molar-refractivity contribution is 5.98. The van der Waals surface area contributed by atoms with Crippen molar-refractivity contribution in [3.05, 3.63) is 77.9 Å². The van der Waals surface area contributed by atoms with E-state index < -0.39 is 120 Å². The van der Waals surface area contributed by atoms with Gasteiger partial charge in [0.25, 0.3) is 0 Å². The molecular weight excluding hydrogens is 933 g/mol. The monoisotopic (exact) mass is 1000 g/mol. The zero-order chi connectivity index (χ0) is 52.8. The number of likely N-dealkylation sites (N-methyl/N-ethyl adjacent to an activating group) is 1. The summed E-state index contributed by atoms with van der Waals surface area (Å²) in [6.45, 7) is 6.27. The molecule has 2 fully saturated rings. The molecule has 2 aromatic carbocycles. The van der Waals surface area contributed by atoms with Crippen LogP contribution in [0.5, 0.6) is 5.75 Å². The van der Waals surface area contributed by atoms with E-state index in [0.29, 0.717) is 30.4 Å². The van der Waals surface area contributed by atoms with E-state index in [2.05, 4.69) is 26.6 Å². The van der Waals surface area contributed by atoms with Gasteiger partial charge in [-0.3, -0.25) is 38.4 Å². The van der Waals surface area contributed by atoms with Gasteiger partial charge >= 0.3 is 5.97 Å². The molecule has 21 heteroatoms. The first-order valence-electron chi connectivity index (χ1n) is 24.6. The molecule has 2 bridgehead atoms. The highest BCUT2D eigenvalue weighted by Gasteiger charge is 2.46. The predicted molar refractivity (Wildman–Crippen MR) is 260 cm³/mol. The number of rotatable bonds is 15. The van der Waals surface area contributed by atoms with E-state index >= 15 is 4.79 Å². The van der Waals surface area contributed by atoms with Crippen molar-refractivity contribution in [2.45, 2.75) is 159 Å². The number of hydrogen-bond donors (Lipinski definition) is 9. The number of primary amides is 1. The third kappa shape index (κ3) is 15.3. The largest absolute Gasteiger partial charge is 0.508 e. The summed E-state index contributed by atoms with van der Waals surface area (Å²) in [6, 6.07) is 4.34. The smallest absolute Gasteiger partial charge is 0.329 e. The minimum Gasteiger partial charge on any atom is -0.508 e. The summed E-state index contributed by atoms with van der Waals surface area (Å²) >= 11 is 0. The minimum atomic E-state index is -1.79. The maximum atomic E-state index is 15.1. The number of nitrogens with two attached hydrogens (primary N) is 1. The molecule has 21 nitrogen and oxygen atoms in total. The minimum absolute atomic E-state index is 0.0255. The summed E-state index contributed by atoms with van der Waals surface area (Å²) < 4.78 is 5.91. The fraction of sp³-hybridized carbons (Fsp3) is 0.549. The van der Waals surface area contributed by atoms with Crippen LogP contribution >= 0.6 is 0 Å². The van der Waals surface area contributed by atoms with Crippen LogP contribution in [0.2, 0.25) is 0 Å². The number of nitrogens with zero attached hydrogens (tertiary/aromatic N) is 2. The Morgan fingerprint density at radius 3 is 2.10 bits per heavy atom. The molecule has 0 spiro atoms. The number of esters is 1. The number of amides is 8. The number of phenolic OH excluding ortho intramolecular Hbond substituents is 1. The second-order valence-corrected chi connectivity index (χ2v) is 19.2. The molecule has 3 aliphatic rings. The van der Waals surface area contributed by atoms with Gasteiger partial charge in [0.1, 0.15) is 60.4 Å². The fourth-order valence-electron chi connectivity index (χ4n) is 9.09. The lowest BCUT2D eigenvalue weighted by Crippen LogP contribution is -2.65. The highest BCUT2D eigenvalue weighted by Crippen LogP contribution is 2.27. The second kappa shape index (κ2) is 26.0. The van der Waals surface area contributed by atoms with Crippen molar-refractivity contribution >= 4 is 53.2 Å². The number of carbonyl (C=O) groups is 9. The standard InChI is InChI=1S/C51H70N8O13/c1-6-10-41(63)53-35(21-23-40(52)62)45(65)57-44-29(4)72-51(71)43(28(2)3)56-47(67)38(26-32-15-19-34(61)20-16-32)58(5)50(70)39(27-30-11-8-7-9-12-30)59-42(64)24-22-36(49(59)69)54-46(66)37(55-48(44)68)25-31-13-17-33(60)18-14-31/h7-9,11-13,15-17,19-20,28-29,31,33,35-39,42-44,60-61,64H,6,10,14,18,21-27H2,1-5H3,(H2,52,62)(H,53,63)(H,54,66)(H,55,68)(H,56,67)(H,57,65)/t29-,31+,33+,35+,36+,37+,38+,39+,42-,43+,44+/m1/s1. The van der Waals surface area contributed by atoms with Crippen molar-refractivity contribution in [3.63, 3.8) is 0 Å². The zero-order valence-corrected chi connectivity index (χ0v) is 41.5. The van der Waals surface area contributed by atoms with Crippen LogP contribution in [0.4, 0.5) is 0 Å². The number of carbonyl (C=O) groups excluding carboxylic acids is 9. The van der Waals surface area contributed by atoms with Gasteiger partial charge in [-0.1, -0.05) is 75.4 Å². The van der Waals surface area contributed by atoms with Crippen LogP contribution < -0.4 is 32.3 Å². The number of benzene rings is 2. The van der Waals surface area contributed by atoms with Crippen molar-refractivity contribution in [3.8, 4) is 5.75 Å². The van der Waals surface area contributed by atoms with Gasteiger partial charge < -0.3 is 62.2 Å². The van der Waals surface area contributed by atoms with E-state index in [-0.39, 0.29) is 63.0 Å². The Hall–Kier alpha value is -6.87. The Bertz CT molecular complexity index is 2300. The lowest BCUT2D eigenvalue weighted by atomic mass is 9.88. The topological polar surface area (TPSA) is 316 Å². The van der Waals surface area contributed by atoms with E-state index in [1.807, 2.05) is 0 Å². The van der Waals surface area contributed by atoms with Crippen molar-refractivity contribution in [1.82, 2.24) is 36.4 Å². The summed E-state index contributed by atoms with van der Waals surface area (Å²) in [6.07, 6.45) is -0.479. The maximum absolute atomic E-state index is 15.1. The van der Waals surface area contributed by atoms with Gasteiger partial charge in [0.2, 0.25) is 47.3 Å². The van der Waals surface area contributed by atoms with Crippen LogP contribution in [0, 0.1) is 11.8 Å². The fourth-order valence-corrected chi connectivity index (χ4v) is 9.09. The third-order valence-corrected chi connectivity index (χ3v) is 13.3. The Morgan fingerprint density at radius 1 is 0.806 bits per heavy atom. The third-order valence-electron chi connectivity index (χ3n) is 13.3. The number of ether oxygens (including phenoxy) is 1. The van der Waals surface area contributed by atoms with Gasteiger partial charge in [-0.15, -0.1) is 0 Å². The molecule has 10 N–H and O–H groups in total. The molecule has 2 saturated heterocycles. The Balaban J connectivity index is 1.64. The lowest BCUT2D eigenvalue weighted by Gasteiger charge is -2.43. The van der Waals surface area contributed by atoms with Crippen LogP contribution in [0.3, 0.4) is 0 Å². The number of nitrogens with one attached hydrogen (secondary N) is 5. The molecule has 1 aliphatic carbocycles. The number of piperidine rings is 1. The molecule has 72 heavy (non-hydrogen) atoms. The normalized spacial score (nSPS) is 27.3. The zero-order valence-electron chi connectivity index (χ0n) is 41.5. The number of aliphatic hydroxyl groups is 2. The van der Waals surface area contributed by atoms with E-state index in [1.54, 1.807) is 75.4 Å². The van der Waals surface area contributed by atoms with Gasteiger partial charge in [0.15, 0.2) is 0 Å². The van der Waals surface area contributed by atoms with Gasteiger partial charge in [-0.2, -0.15) is 0 Å². The van der Waals surface area contributed by atoms with Gasteiger partial charge in [0.05, 0.1) is 6.10 Å². The average Bonchev–Trinajstić information content (AvgIpc) is 3.33. The lowest BCUT2D eigenvalue weighted by molar-refractivity contribution is -0.165. The van der Waals surface area contributed by atoms with Gasteiger partial charge in [-0.05, 0) is 87.0 Å². The SMILES string of the molecule is CCCC(=O)N[C@@H](CCC(N)=O)C(=O)N[C@@H]1C(=O)N[C@@H](C[C@H]2C=C[C@H](O)CC2)C(=O)N[C@H]2CC[C@@H](O)N(C2=O)[C@@H](Cc2ccccc2)C(=O)N(C)[C@@H](Cc2ccc(O)cc2)C(=O)N[C@@H](C(C)C)C(=O)O[C@@H]1C. The molecule has 5 rings (SSSR count). The van der Waals surface area contributed by atoms with E-state index in [9.17, 15) is 53.7 Å². The summed E-state index contributed by atoms with van der Waals surface area (Å²) in [5, 5.41) is 45.1. The van der Waals surface area contributed by atoms with Crippen LogP contribution in [0.25, 0.3) is 0 Å². The number of phenols is 1. The molecule has 2 heterocycles. The average molecular weight is 1000 g/mol. The molecule has 392 valence electrons. The maximum Gasteiger partial charge on any atom is 0.329 e. The molecular formula is C51H70N8O13. The van der Waals surface area contributed by atoms with Crippen LogP contribution in [-0.4, -0.2) is 146 Å². The van der Waals surface area contributed by atoms with Crippen LogP contribution in [0.15, 0.2) is 66.7 Å². The molecule has 2 aromatic rings. The molecule has 0 radical (unpaired) electrons. The number of aliphatic hydroxyl groups excluding tert-OH is 2. The van der Waals surface area contributed by atoms with Crippen molar-refractivity contribution < 1.29 is 63.2 Å². The van der Waals surface area contributed by atoms with Crippen LogP contribution in [0.1, 0.15) is 96.6 Å². The summed E-state index contributed by atoms with van der Waals surface area (Å²) in [7, 11) is 1.35. The van der Waals surface area contributed by atoms with E-state index in [0.717, 1.165) is 9.80 Å². The number of hydrogen-bond acceptors (Lipinski definition) is 13. The van der Waals surface area contributed by atoms with Gasteiger partial charge in [0, 0.05) is 32.7 Å². The first-order valence-corrected chi connectivity index (χ1v) is 24.6. The number of fused-ring (bicyclic) bond motifs is 2. The van der Waals surface area contributed by atoms with Gasteiger partial charge in [-0.25, -0.2) is 4.79 Å². The molecule has 0 aromatic heterocycles.